The first-order valence-corrected chi connectivity index (χ1v) is 17.9. The molecule has 2 aliphatic heterocycles. The van der Waals surface area contributed by atoms with E-state index in [0.29, 0.717) is 33.0 Å². The van der Waals surface area contributed by atoms with Crippen molar-refractivity contribution >= 4 is 8.80 Å². The molecular formula is C34H52O7Si. The molecule has 0 N–H and O–H groups in total. The molecule has 7 nitrogen and oxygen atoms in total. The van der Waals surface area contributed by atoms with Crippen LogP contribution in [0.25, 0.3) is 0 Å². The minimum atomic E-state index is -2.71. The second-order valence-corrected chi connectivity index (χ2v) is 14.5. The van der Waals surface area contributed by atoms with Crippen LogP contribution in [0.2, 0.25) is 6.04 Å². The van der Waals surface area contributed by atoms with Crippen molar-refractivity contribution in [2.45, 2.75) is 97.3 Å². The van der Waals surface area contributed by atoms with Crippen LogP contribution in [-0.2, 0) is 41.0 Å². The van der Waals surface area contributed by atoms with Gasteiger partial charge in [0, 0.05) is 31.3 Å². The minimum Gasteiger partial charge on any atom is -0.491 e. The van der Waals surface area contributed by atoms with E-state index in [1.54, 1.807) is 0 Å². The molecule has 0 bridgehead atoms. The number of hydrogen-bond acceptors (Lipinski definition) is 7. The van der Waals surface area contributed by atoms with Gasteiger partial charge in [0.25, 0.3) is 0 Å². The normalized spacial score (nSPS) is 18.2. The molecule has 0 aliphatic carbocycles. The Morgan fingerprint density at radius 3 is 1.57 bits per heavy atom. The number of benzene rings is 2. The van der Waals surface area contributed by atoms with Crippen LogP contribution in [0.1, 0.15) is 83.1 Å². The van der Waals surface area contributed by atoms with E-state index in [1.165, 1.54) is 22.3 Å². The maximum absolute atomic E-state index is 6.26. The fourth-order valence-corrected chi connectivity index (χ4v) is 7.95. The van der Waals surface area contributed by atoms with Crippen LogP contribution in [0.4, 0.5) is 0 Å². The van der Waals surface area contributed by atoms with Gasteiger partial charge in [-0.3, -0.25) is 0 Å². The van der Waals surface area contributed by atoms with E-state index in [-0.39, 0.29) is 17.6 Å². The number of ether oxygens (including phenoxy) is 4. The summed E-state index contributed by atoms with van der Waals surface area (Å²) in [5.74, 6) is 1.91. The van der Waals surface area contributed by atoms with Gasteiger partial charge in [0.15, 0.2) is 0 Å². The molecule has 2 saturated heterocycles. The number of aryl methyl sites for hydroxylation is 2. The lowest BCUT2D eigenvalue weighted by Gasteiger charge is -2.29. The summed E-state index contributed by atoms with van der Waals surface area (Å²) in [4.78, 5) is 0. The summed E-state index contributed by atoms with van der Waals surface area (Å²) >= 11 is 0. The van der Waals surface area contributed by atoms with Crippen LogP contribution >= 0.6 is 0 Å². The standard InChI is InChI=1S/C34H52O7Si/c1-7-11-13-26-20-28(15-17-32(26)37-24-30-22-35-30)34(5,6)29-16-18-33(38-25-31-23-36-31)27(21-29)14-12-19-42(39-8-2,40-9-3)41-10-4/h15-18,20-21,30-31H,7-14,19,22-25H2,1-6H3. The lowest BCUT2D eigenvalue weighted by molar-refractivity contribution is 0.0708. The van der Waals surface area contributed by atoms with Crippen molar-refractivity contribution in [2.75, 3.05) is 46.2 Å². The predicted octanol–water partition coefficient (Wildman–Crippen LogP) is 6.89. The Bertz CT molecular complexity index is 1100. The number of rotatable bonds is 21. The minimum absolute atomic E-state index is 0.202. The Kier molecular flexibility index (Phi) is 12.3. The highest BCUT2D eigenvalue weighted by atomic mass is 28.4. The highest BCUT2D eigenvalue weighted by Crippen LogP contribution is 2.37. The van der Waals surface area contributed by atoms with Crippen molar-refractivity contribution < 1.29 is 32.2 Å². The molecule has 42 heavy (non-hydrogen) atoms. The highest BCUT2D eigenvalue weighted by molar-refractivity contribution is 6.60. The van der Waals surface area contributed by atoms with E-state index in [9.17, 15) is 0 Å². The molecule has 2 atom stereocenters. The monoisotopic (exact) mass is 600 g/mol. The van der Waals surface area contributed by atoms with Crippen LogP contribution in [0.3, 0.4) is 0 Å². The average Bonchev–Trinajstić information content (AvgIpc) is 3.91. The Balaban J connectivity index is 1.56. The molecule has 2 aromatic rings. The maximum atomic E-state index is 6.26. The van der Waals surface area contributed by atoms with Gasteiger partial charge in [-0.25, -0.2) is 0 Å². The molecule has 2 aliphatic rings. The van der Waals surface area contributed by atoms with Gasteiger partial charge >= 0.3 is 8.80 Å². The molecule has 0 saturated carbocycles. The molecule has 0 amide bonds. The number of unbranched alkanes of at least 4 members (excludes halogenated alkanes) is 1. The molecule has 0 aromatic heterocycles. The van der Waals surface area contributed by atoms with Crippen molar-refractivity contribution in [1.29, 1.82) is 0 Å². The van der Waals surface area contributed by atoms with E-state index in [1.807, 2.05) is 20.8 Å². The molecule has 8 heteroatoms. The van der Waals surface area contributed by atoms with Gasteiger partial charge in [0.05, 0.1) is 13.2 Å². The zero-order valence-electron chi connectivity index (χ0n) is 26.7. The zero-order valence-corrected chi connectivity index (χ0v) is 27.7. The highest BCUT2D eigenvalue weighted by Gasteiger charge is 2.39. The average molecular weight is 601 g/mol. The smallest absolute Gasteiger partial charge is 0.491 e. The first-order valence-electron chi connectivity index (χ1n) is 16.0. The summed E-state index contributed by atoms with van der Waals surface area (Å²) in [5.41, 5.74) is 4.81. The van der Waals surface area contributed by atoms with E-state index < -0.39 is 8.80 Å². The molecule has 4 rings (SSSR count). The van der Waals surface area contributed by atoms with Crippen molar-refractivity contribution in [3.05, 3.63) is 58.7 Å². The molecule has 0 radical (unpaired) electrons. The summed E-state index contributed by atoms with van der Waals surface area (Å²) < 4.78 is 41.5. The Morgan fingerprint density at radius 1 is 0.714 bits per heavy atom. The first kappa shape index (κ1) is 33.0. The molecule has 2 heterocycles. The zero-order chi connectivity index (χ0) is 30.0. The molecular weight excluding hydrogens is 548 g/mol. The van der Waals surface area contributed by atoms with Crippen molar-refractivity contribution in [3.63, 3.8) is 0 Å². The molecule has 0 spiro atoms. The number of epoxide rings is 2. The Morgan fingerprint density at radius 2 is 1.17 bits per heavy atom. The summed E-state index contributed by atoms with van der Waals surface area (Å²) in [6.07, 6.45) is 5.49. The lowest BCUT2D eigenvalue weighted by Crippen LogP contribution is -2.46. The van der Waals surface area contributed by atoms with Crippen LogP contribution in [0.15, 0.2) is 36.4 Å². The van der Waals surface area contributed by atoms with E-state index in [2.05, 4.69) is 57.2 Å². The van der Waals surface area contributed by atoms with Crippen LogP contribution in [-0.4, -0.2) is 67.3 Å². The van der Waals surface area contributed by atoms with Crippen molar-refractivity contribution in [1.82, 2.24) is 0 Å². The number of hydrogen-bond donors (Lipinski definition) is 0. The molecule has 2 aromatic carbocycles. The Hall–Kier alpha value is -1.94. The van der Waals surface area contributed by atoms with Gasteiger partial charge in [0.2, 0.25) is 0 Å². The van der Waals surface area contributed by atoms with Gasteiger partial charge in [-0.2, -0.15) is 0 Å². The summed E-state index contributed by atoms with van der Waals surface area (Å²) in [6.45, 7) is 17.4. The second kappa shape index (κ2) is 15.7. The summed E-state index contributed by atoms with van der Waals surface area (Å²) in [7, 11) is -2.71. The fourth-order valence-electron chi connectivity index (χ4n) is 5.33. The van der Waals surface area contributed by atoms with E-state index in [4.69, 9.17) is 32.2 Å². The van der Waals surface area contributed by atoms with E-state index >= 15 is 0 Å². The van der Waals surface area contributed by atoms with Crippen molar-refractivity contribution in [2.24, 2.45) is 0 Å². The summed E-state index contributed by atoms with van der Waals surface area (Å²) in [6, 6.07) is 14.2. The molecule has 2 fully saturated rings. The Labute approximate surface area is 254 Å². The molecule has 234 valence electrons. The topological polar surface area (TPSA) is 71.2 Å². The van der Waals surface area contributed by atoms with E-state index in [0.717, 1.165) is 62.9 Å². The largest absolute Gasteiger partial charge is 0.500 e. The lowest BCUT2D eigenvalue weighted by atomic mass is 9.76. The summed E-state index contributed by atoms with van der Waals surface area (Å²) in [5, 5.41) is 0. The fraction of sp³-hybridized carbons (Fsp3) is 0.647. The van der Waals surface area contributed by atoms with Crippen LogP contribution in [0.5, 0.6) is 11.5 Å². The third-order valence-electron chi connectivity index (χ3n) is 8.04. The van der Waals surface area contributed by atoms with Gasteiger partial charge in [-0.05, 0) is 80.8 Å². The van der Waals surface area contributed by atoms with Gasteiger partial charge in [0.1, 0.15) is 36.9 Å². The maximum Gasteiger partial charge on any atom is 0.500 e. The SMILES string of the molecule is CCCCc1cc(C(C)(C)c2ccc(OCC3CO3)c(CCC[Si](OCC)(OCC)OCC)c2)ccc1OCC1CO1. The van der Waals surface area contributed by atoms with Gasteiger partial charge < -0.3 is 32.2 Å². The van der Waals surface area contributed by atoms with Crippen molar-refractivity contribution in [3.8, 4) is 11.5 Å². The third-order valence-corrected chi connectivity index (χ3v) is 11.2. The van der Waals surface area contributed by atoms with Gasteiger partial charge in [-0.15, -0.1) is 0 Å². The second-order valence-electron chi connectivity index (χ2n) is 11.7. The third kappa shape index (κ3) is 9.28. The van der Waals surface area contributed by atoms with Gasteiger partial charge in [-0.1, -0.05) is 51.5 Å². The molecule has 2 unspecified atom stereocenters. The predicted molar refractivity (Wildman–Crippen MR) is 168 cm³/mol. The quantitative estimate of drug-likeness (QED) is 0.114. The van der Waals surface area contributed by atoms with Crippen LogP contribution < -0.4 is 9.47 Å². The van der Waals surface area contributed by atoms with Crippen LogP contribution in [0, 0.1) is 0 Å². The first-order chi connectivity index (χ1) is 20.3.